The maximum atomic E-state index is 12.5. The summed E-state index contributed by atoms with van der Waals surface area (Å²) in [6.07, 6.45) is 0.652. The number of carbonyl (C=O) groups is 1. The summed E-state index contributed by atoms with van der Waals surface area (Å²) in [4.78, 5) is 14.3. The molecule has 2 aromatic rings. The Morgan fingerprint density at radius 3 is 1.76 bits per heavy atom. The first-order chi connectivity index (χ1) is 10.2. The van der Waals surface area contributed by atoms with E-state index in [-0.39, 0.29) is 5.91 Å². The average Bonchev–Trinajstić information content (AvgIpc) is 2.54. The van der Waals surface area contributed by atoms with Gasteiger partial charge in [-0.15, -0.1) is 0 Å². The van der Waals surface area contributed by atoms with Gasteiger partial charge >= 0.3 is 0 Å². The molecule has 2 N–H and O–H groups in total. The number of rotatable bonds is 6. The summed E-state index contributed by atoms with van der Waals surface area (Å²) in [5, 5.41) is 0. The summed E-state index contributed by atoms with van der Waals surface area (Å²) >= 11 is 0. The predicted molar refractivity (Wildman–Crippen MR) is 85.4 cm³/mol. The Labute approximate surface area is 126 Å². The number of nitrogens with zero attached hydrogens (tertiary/aromatic N) is 1. The molecule has 0 aliphatic carbocycles. The number of carbonyl (C=O) groups excluding carboxylic acids is 1. The van der Waals surface area contributed by atoms with Crippen LogP contribution in [0.25, 0.3) is 0 Å². The van der Waals surface area contributed by atoms with E-state index in [0.717, 1.165) is 11.1 Å². The Morgan fingerprint density at radius 1 is 0.952 bits per heavy atom. The summed E-state index contributed by atoms with van der Waals surface area (Å²) in [7, 11) is 0. The van der Waals surface area contributed by atoms with Crippen LogP contribution < -0.4 is 5.73 Å². The first kappa shape index (κ1) is 15.3. The van der Waals surface area contributed by atoms with Crippen molar-refractivity contribution in [3.63, 3.8) is 0 Å². The van der Waals surface area contributed by atoms with Crippen molar-refractivity contribution >= 4 is 5.91 Å². The molecule has 0 aliphatic rings. The molecule has 0 aliphatic heterocycles. The van der Waals surface area contributed by atoms with E-state index >= 15 is 0 Å². The first-order valence-corrected chi connectivity index (χ1v) is 7.33. The molecule has 2 aromatic carbocycles. The van der Waals surface area contributed by atoms with E-state index in [1.165, 1.54) is 0 Å². The number of benzene rings is 2. The summed E-state index contributed by atoms with van der Waals surface area (Å²) in [5.74, 6) is 0.00482. The van der Waals surface area contributed by atoms with Crippen LogP contribution >= 0.6 is 0 Å². The number of amides is 1. The number of nitrogens with two attached hydrogens (primary N) is 1. The molecule has 1 atom stereocenters. The zero-order valence-corrected chi connectivity index (χ0v) is 12.4. The Morgan fingerprint density at radius 2 is 1.38 bits per heavy atom. The number of hydrogen-bond donors (Lipinski definition) is 1. The summed E-state index contributed by atoms with van der Waals surface area (Å²) in [6.45, 7) is 3.11. The van der Waals surface area contributed by atoms with E-state index < -0.39 is 6.04 Å². The van der Waals surface area contributed by atoms with Crippen molar-refractivity contribution in [1.82, 2.24) is 4.90 Å². The van der Waals surface area contributed by atoms with E-state index in [4.69, 9.17) is 5.73 Å². The van der Waals surface area contributed by atoms with Crippen molar-refractivity contribution in [1.29, 1.82) is 0 Å². The van der Waals surface area contributed by atoms with E-state index in [2.05, 4.69) is 0 Å². The second-order valence-electron chi connectivity index (χ2n) is 5.18. The van der Waals surface area contributed by atoms with Crippen molar-refractivity contribution in [3.05, 3.63) is 71.8 Å². The molecule has 0 saturated heterocycles. The molecule has 0 heterocycles. The zero-order chi connectivity index (χ0) is 15.1. The standard InChI is InChI=1S/C18H22N2O/c1-2-17(19)18(21)20(13-15-9-5-3-6-10-15)14-16-11-7-4-8-12-16/h3-12,17H,2,13-14,19H2,1H3. The molecule has 0 fully saturated rings. The lowest BCUT2D eigenvalue weighted by Crippen LogP contribution is -2.42. The smallest absolute Gasteiger partial charge is 0.240 e. The highest BCUT2D eigenvalue weighted by molar-refractivity contribution is 5.81. The highest BCUT2D eigenvalue weighted by Crippen LogP contribution is 2.12. The van der Waals surface area contributed by atoms with Gasteiger partial charge in [0.1, 0.15) is 0 Å². The van der Waals surface area contributed by atoms with Crippen molar-refractivity contribution in [2.45, 2.75) is 32.5 Å². The van der Waals surface area contributed by atoms with Gasteiger partial charge in [-0.3, -0.25) is 4.79 Å². The van der Waals surface area contributed by atoms with Gasteiger partial charge in [-0.25, -0.2) is 0 Å². The number of hydrogen-bond acceptors (Lipinski definition) is 2. The molecule has 2 rings (SSSR count). The molecule has 21 heavy (non-hydrogen) atoms. The molecule has 1 unspecified atom stereocenters. The van der Waals surface area contributed by atoms with E-state index in [1.807, 2.05) is 72.5 Å². The van der Waals surface area contributed by atoms with Crippen LogP contribution in [-0.4, -0.2) is 16.8 Å². The van der Waals surface area contributed by atoms with Crippen LogP contribution in [-0.2, 0) is 17.9 Å². The van der Waals surface area contributed by atoms with Crippen LogP contribution in [0, 0.1) is 0 Å². The van der Waals surface area contributed by atoms with Crippen molar-refractivity contribution < 1.29 is 4.79 Å². The second-order valence-corrected chi connectivity index (χ2v) is 5.18. The third kappa shape index (κ3) is 4.43. The van der Waals surface area contributed by atoms with E-state index in [1.54, 1.807) is 0 Å². The fourth-order valence-corrected chi connectivity index (χ4v) is 2.23. The predicted octanol–water partition coefficient (Wildman–Crippen LogP) is 2.95. The van der Waals surface area contributed by atoms with Crippen LogP contribution in [0.15, 0.2) is 60.7 Å². The van der Waals surface area contributed by atoms with Crippen LogP contribution in [0.3, 0.4) is 0 Å². The van der Waals surface area contributed by atoms with Gasteiger partial charge in [0, 0.05) is 13.1 Å². The minimum Gasteiger partial charge on any atom is -0.333 e. The molecule has 0 spiro atoms. The van der Waals surface area contributed by atoms with E-state index in [9.17, 15) is 4.79 Å². The summed E-state index contributed by atoms with van der Waals surface area (Å²) in [5.41, 5.74) is 8.17. The van der Waals surface area contributed by atoms with Crippen molar-refractivity contribution in [2.24, 2.45) is 5.73 Å². The van der Waals surface area contributed by atoms with Gasteiger partial charge in [-0.05, 0) is 17.5 Å². The topological polar surface area (TPSA) is 46.3 Å². The minimum atomic E-state index is -0.433. The molecular formula is C18H22N2O. The van der Waals surface area contributed by atoms with E-state index in [0.29, 0.717) is 19.5 Å². The van der Waals surface area contributed by atoms with Gasteiger partial charge in [0.2, 0.25) is 5.91 Å². The third-order valence-corrected chi connectivity index (χ3v) is 3.50. The van der Waals surface area contributed by atoms with Gasteiger partial charge in [0.15, 0.2) is 0 Å². The van der Waals surface area contributed by atoms with Crippen molar-refractivity contribution in [2.75, 3.05) is 0 Å². The molecule has 3 nitrogen and oxygen atoms in total. The van der Waals surface area contributed by atoms with Crippen LogP contribution in [0.1, 0.15) is 24.5 Å². The Bertz CT molecular complexity index is 512. The van der Waals surface area contributed by atoms with Gasteiger partial charge in [-0.1, -0.05) is 67.6 Å². The van der Waals surface area contributed by atoms with Gasteiger partial charge in [-0.2, -0.15) is 0 Å². The maximum absolute atomic E-state index is 12.5. The SMILES string of the molecule is CCC(N)C(=O)N(Cc1ccccc1)Cc1ccccc1. The van der Waals surface area contributed by atoms with Gasteiger partial charge < -0.3 is 10.6 Å². The Balaban J connectivity index is 2.16. The summed E-state index contributed by atoms with van der Waals surface area (Å²) < 4.78 is 0. The molecule has 110 valence electrons. The second kappa shape index (κ2) is 7.60. The lowest BCUT2D eigenvalue weighted by atomic mass is 10.1. The molecular weight excluding hydrogens is 260 g/mol. The highest BCUT2D eigenvalue weighted by Gasteiger charge is 2.20. The zero-order valence-electron chi connectivity index (χ0n) is 12.4. The largest absolute Gasteiger partial charge is 0.333 e. The minimum absolute atomic E-state index is 0.00482. The Kier molecular flexibility index (Phi) is 5.52. The van der Waals surface area contributed by atoms with Crippen LogP contribution in [0.2, 0.25) is 0 Å². The molecule has 0 aromatic heterocycles. The van der Waals surface area contributed by atoms with Crippen LogP contribution in [0.5, 0.6) is 0 Å². The lowest BCUT2D eigenvalue weighted by Gasteiger charge is -2.25. The monoisotopic (exact) mass is 282 g/mol. The van der Waals surface area contributed by atoms with Crippen LogP contribution in [0.4, 0.5) is 0 Å². The molecule has 0 saturated carbocycles. The molecule has 1 amide bonds. The van der Waals surface area contributed by atoms with Gasteiger partial charge in [0.25, 0.3) is 0 Å². The third-order valence-electron chi connectivity index (χ3n) is 3.50. The lowest BCUT2D eigenvalue weighted by molar-refractivity contribution is -0.133. The summed E-state index contributed by atoms with van der Waals surface area (Å²) in [6, 6.07) is 19.6. The molecule has 3 heteroatoms. The fraction of sp³-hybridized carbons (Fsp3) is 0.278. The quantitative estimate of drug-likeness (QED) is 0.885. The Hall–Kier alpha value is -2.13. The normalized spacial score (nSPS) is 11.9. The highest BCUT2D eigenvalue weighted by atomic mass is 16.2. The maximum Gasteiger partial charge on any atom is 0.240 e. The van der Waals surface area contributed by atoms with Gasteiger partial charge in [0.05, 0.1) is 6.04 Å². The average molecular weight is 282 g/mol. The molecule has 0 radical (unpaired) electrons. The first-order valence-electron chi connectivity index (χ1n) is 7.33. The fourth-order valence-electron chi connectivity index (χ4n) is 2.23. The molecule has 0 bridgehead atoms. The van der Waals surface area contributed by atoms with Crippen molar-refractivity contribution in [3.8, 4) is 0 Å².